The minimum Gasteiger partial charge on any atom is -0.497 e. The van der Waals surface area contributed by atoms with E-state index in [0.717, 1.165) is 22.2 Å². The molecule has 2 aromatic carbocycles. The standard InChI is InChI=1S/C16H12N2O/c1-19-12-2-3-15-14(8-12)13-6-11-9-17-5-4-10(11)7-16(13)18-15/h2-9,18H,1H3. The van der Waals surface area contributed by atoms with Gasteiger partial charge in [0.25, 0.3) is 0 Å². The van der Waals surface area contributed by atoms with Gasteiger partial charge >= 0.3 is 0 Å². The van der Waals surface area contributed by atoms with Crippen molar-refractivity contribution in [1.82, 2.24) is 9.97 Å². The average Bonchev–Trinajstić information content (AvgIpc) is 2.81. The van der Waals surface area contributed by atoms with Gasteiger partial charge in [-0.1, -0.05) is 0 Å². The van der Waals surface area contributed by atoms with Crippen LogP contribution >= 0.6 is 0 Å². The smallest absolute Gasteiger partial charge is 0.119 e. The fraction of sp³-hybridized carbons (Fsp3) is 0.0625. The molecule has 1 N–H and O–H groups in total. The lowest BCUT2D eigenvalue weighted by Crippen LogP contribution is -1.80. The number of ether oxygens (including phenoxy) is 1. The Labute approximate surface area is 109 Å². The first-order chi connectivity index (χ1) is 9.35. The molecule has 4 rings (SSSR count). The van der Waals surface area contributed by atoms with Crippen LogP contribution in [0.25, 0.3) is 32.6 Å². The number of hydrogen-bond donors (Lipinski definition) is 1. The van der Waals surface area contributed by atoms with Gasteiger partial charge in [0.15, 0.2) is 0 Å². The van der Waals surface area contributed by atoms with Gasteiger partial charge in [-0.15, -0.1) is 0 Å². The fourth-order valence-electron chi connectivity index (χ4n) is 2.59. The number of methoxy groups -OCH3 is 1. The van der Waals surface area contributed by atoms with Gasteiger partial charge in [-0.3, -0.25) is 4.98 Å². The van der Waals surface area contributed by atoms with Gasteiger partial charge in [-0.05, 0) is 41.8 Å². The molecule has 0 saturated heterocycles. The van der Waals surface area contributed by atoms with E-state index < -0.39 is 0 Å². The molecule has 0 fully saturated rings. The molecule has 0 unspecified atom stereocenters. The third-order valence-corrected chi connectivity index (χ3v) is 3.56. The number of aromatic amines is 1. The summed E-state index contributed by atoms with van der Waals surface area (Å²) >= 11 is 0. The number of nitrogens with one attached hydrogen (secondary N) is 1. The van der Waals surface area contributed by atoms with Crippen LogP contribution in [-0.2, 0) is 0 Å². The first-order valence-electron chi connectivity index (χ1n) is 6.18. The van der Waals surface area contributed by atoms with Crippen molar-refractivity contribution in [3.8, 4) is 5.75 Å². The Morgan fingerprint density at radius 2 is 1.84 bits per heavy atom. The molecule has 0 amide bonds. The summed E-state index contributed by atoms with van der Waals surface area (Å²) in [6, 6.07) is 12.5. The number of nitrogens with zero attached hydrogens (tertiary/aromatic N) is 1. The van der Waals surface area contributed by atoms with Crippen LogP contribution in [0.5, 0.6) is 5.75 Å². The normalized spacial score (nSPS) is 11.4. The lowest BCUT2D eigenvalue weighted by molar-refractivity contribution is 0.415. The molecular formula is C16H12N2O. The maximum absolute atomic E-state index is 5.30. The predicted octanol–water partition coefficient (Wildman–Crippen LogP) is 3.88. The molecule has 3 nitrogen and oxygen atoms in total. The van der Waals surface area contributed by atoms with Crippen molar-refractivity contribution in [2.75, 3.05) is 7.11 Å². The highest BCUT2D eigenvalue weighted by Gasteiger charge is 2.06. The van der Waals surface area contributed by atoms with Crippen molar-refractivity contribution >= 4 is 32.6 Å². The quantitative estimate of drug-likeness (QED) is 0.555. The Hall–Kier alpha value is -2.55. The number of rotatable bonds is 1. The molecule has 0 bridgehead atoms. The van der Waals surface area contributed by atoms with Crippen LogP contribution in [0.3, 0.4) is 0 Å². The highest BCUT2D eigenvalue weighted by atomic mass is 16.5. The third-order valence-electron chi connectivity index (χ3n) is 3.56. The van der Waals surface area contributed by atoms with Crippen LogP contribution in [0.4, 0.5) is 0 Å². The predicted molar refractivity (Wildman–Crippen MR) is 77.7 cm³/mol. The molecule has 0 aliphatic rings. The van der Waals surface area contributed by atoms with E-state index in [4.69, 9.17) is 4.74 Å². The minimum atomic E-state index is 0.875. The Kier molecular flexibility index (Phi) is 2.03. The van der Waals surface area contributed by atoms with Crippen LogP contribution in [0.2, 0.25) is 0 Å². The largest absolute Gasteiger partial charge is 0.497 e. The first-order valence-corrected chi connectivity index (χ1v) is 6.18. The summed E-state index contributed by atoms with van der Waals surface area (Å²) in [5, 5.41) is 4.73. The summed E-state index contributed by atoms with van der Waals surface area (Å²) in [6.07, 6.45) is 3.72. The molecule has 0 radical (unpaired) electrons. The van der Waals surface area contributed by atoms with Gasteiger partial charge in [0.05, 0.1) is 7.11 Å². The highest BCUT2D eigenvalue weighted by molar-refractivity contribution is 6.12. The second-order valence-corrected chi connectivity index (χ2v) is 4.66. The molecule has 3 heteroatoms. The summed E-state index contributed by atoms with van der Waals surface area (Å²) in [5.74, 6) is 0.875. The second-order valence-electron chi connectivity index (χ2n) is 4.66. The van der Waals surface area contributed by atoms with Crippen molar-refractivity contribution in [3.63, 3.8) is 0 Å². The zero-order valence-electron chi connectivity index (χ0n) is 10.5. The molecule has 2 aromatic heterocycles. The van der Waals surface area contributed by atoms with Gasteiger partial charge < -0.3 is 9.72 Å². The Morgan fingerprint density at radius 3 is 2.74 bits per heavy atom. The molecule has 4 aromatic rings. The fourth-order valence-corrected chi connectivity index (χ4v) is 2.59. The molecule has 0 aliphatic heterocycles. The van der Waals surface area contributed by atoms with Crippen LogP contribution in [0.1, 0.15) is 0 Å². The molecule has 0 aliphatic carbocycles. The maximum Gasteiger partial charge on any atom is 0.119 e. The van der Waals surface area contributed by atoms with E-state index in [2.05, 4.69) is 34.2 Å². The van der Waals surface area contributed by atoms with Crippen LogP contribution in [0, 0.1) is 0 Å². The monoisotopic (exact) mass is 248 g/mol. The van der Waals surface area contributed by atoms with Crippen molar-refractivity contribution in [2.45, 2.75) is 0 Å². The Morgan fingerprint density at radius 1 is 0.947 bits per heavy atom. The zero-order chi connectivity index (χ0) is 12.8. The van der Waals surface area contributed by atoms with E-state index in [-0.39, 0.29) is 0 Å². The van der Waals surface area contributed by atoms with Crippen LogP contribution in [-0.4, -0.2) is 17.1 Å². The number of aromatic nitrogens is 2. The topological polar surface area (TPSA) is 37.9 Å². The van der Waals surface area contributed by atoms with E-state index in [9.17, 15) is 0 Å². The van der Waals surface area contributed by atoms with Crippen molar-refractivity contribution in [3.05, 3.63) is 48.8 Å². The van der Waals surface area contributed by atoms with Gasteiger partial charge in [0.2, 0.25) is 0 Å². The lowest BCUT2D eigenvalue weighted by Gasteiger charge is -1.99. The van der Waals surface area contributed by atoms with Crippen molar-refractivity contribution < 1.29 is 4.74 Å². The molecule has 0 saturated carbocycles. The zero-order valence-corrected chi connectivity index (χ0v) is 10.5. The van der Waals surface area contributed by atoms with Crippen molar-refractivity contribution in [1.29, 1.82) is 0 Å². The van der Waals surface area contributed by atoms with Gasteiger partial charge in [-0.25, -0.2) is 0 Å². The summed E-state index contributed by atoms with van der Waals surface area (Å²) in [6.45, 7) is 0. The first kappa shape index (κ1) is 10.4. The van der Waals surface area contributed by atoms with E-state index in [1.807, 2.05) is 24.5 Å². The molecule has 92 valence electrons. The molecular weight excluding hydrogens is 236 g/mol. The van der Waals surface area contributed by atoms with Crippen molar-refractivity contribution in [2.24, 2.45) is 0 Å². The molecule has 0 spiro atoms. The second kappa shape index (κ2) is 3.72. The van der Waals surface area contributed by atoms with Crippen LogP contribution in [0.15, 0.2) is 48.8 Å². The number of H-pyrrole nitrogens is 1. The van der Waals surface area contributed by atoms with E-state index in [1.165, 1.54) is 16.2 Å². The van der Waals surface area contributed by atoms with E-state index in [0.29, 0.717) is 0 Å². The Bertz CT molecular complexity index is 908. The minimum absolute atomic E-state index is 0.875. The SMILES string of the molecule is COc1ccc2[nH]c3cc4ccncc4cc3c2c1. The number of pyridine rings is 1. The number of hydrogen-bond acceptors (Lipinski definition) is 2. The summed E-state index contributed by atoms with van der Waals surface area (Å²) in [7, 11) is 1.69. The van der Waals surface area contributed by atoms with E-state index >= 15 is 0 Å². The van der Waals surface area contributed by atoms with Gasteiger partial charge in [0, 0.05) is 39.6 Å². The number of benzene rings is 2. The molecule has 2 heterocycles. The maximum atomic E-state index is 5.30. The summed E-state index contributed by atoms with van der Waals surface area (Å²) < 4.78 is 5.30. The highest BCUT2D eigenvalue weighted by Crippen LogP contribution is 2.31. The van der Waals surface area contributed by atoms with Gasteiger partial charge in [-0.2, -0.15) is 0 Å². The third kappa shape index (κ3) is 1.48. The summed E-state index contributed by atoms with van der Waals surface area (Å²) in [5.41, 5.74) is 2.26. The van der Waals surface area contributed by atoms with E-state index in [1.54, 1.807) is 7.11 Å². The Balaban J connectivity index is 2.17. The van der Waals surface area contributed by atoms with Gasteiger partial charge in [0.1, 0.15) is 5.75 Å². The van der Waals surface area contributed by atoms with Crippen LogP contribution < -0.4 is 4.74 Å². The summed E-state index contributed by atoms with van der Waals surface area (Å²) in [4.78, 5) is 7.63. The molecule has 0 atom stereocenters. The molecule has 19 heavy (non-hydrogen) atoms. The number of fused-ring (bicyclic) bond motifs is 4. The lowest BCUT2D eigenvalue weighted by atomic mass is 10.1. The average molecular weight is 248 g/mol.